The molecule has 0 fully saturated rings. The van der Waals surface area contributed by atoms with E-state index in [9.17, 15) is 4.39 Å². The van der Waals surface area contributed by atoms with Crippen molar-refractivity contribution in [2.45, 2.75) is 17.2 Å². The van der Waals surface area contributed by atoms with Gasteiger partial charge in [-0.25, -0.2) is 9.37 Å². The minimum absolute atomic E-state index is 0. The van der Waals surface area contributed by atoms with Gasteiger partial charge in [-0.1, -0.05) is 23.9 Å². The Morgan fingerprint density at radius 2 is 2.00 bits per heavy atom. The number of benzene rings is 1. The van der Waals surface area contributed by atoms with Crippen molar-refractivity contribution in [3.05, 3.63) is 47.2 Å². The molecule has 0 spiro atoms. The Morgan fingerprint density at radius 1 is 1.25 bits per heavy atom. The fraction of sp³-hybridized carbons (Fsp3) is 0.375. The van der Waals surface area contributed by atoms with Crippen LogP contribution in [-0.4, -0.2) is 36.8 Å². The Kier molecular flexibility index (Phi) is 11.0. The summed E-state index contributed by atoms with van der Waals surface area (Å²) in [5.74, 6) is 1.63. The predicted molar refractivity (Wildman–Crippen MR) is 112 cm³/mol. The molecule has 4 nitrogen and oxygen atoms in total. The van der Waals surface area contributed by atoms with Gasteiger partial charge in [0.1, 0.15) is 10.2 Å². The maximum absolute atomic E-state index is 12.8. The van der Waals surface area contributed by atoms with E-state index >= 15 is 0 Å². The third kappa shape index (κ3) is 8.29. The number of nitrogens with one attached hydrogen (secondary N) is 2. The highest BCUT2D eigenvalue weighted by molar-refractivity contribution is 14.0. The van der Waals surface area contributed by atoms with Crippen molar-refractivity contribution in [1.82, 2.24) is 15.6 Å². The summed E-state index contributed by atoms with van der Waals surface area (Å²) in [6.07, 6.45) is 3.71. The van der Waals surface area contributed by atoms with Crippen molar-refractivity contribution in [2.75, 3.05) is 25.9 Å². The van der Waals surface area contributed by atoms with E-state index in [1.54, 1.807) is 30.1 Å². The number of aromatic nitrogens is 1. The van der Waals surface area contributed by atoms with Gasteiger partial charge in [0.25, 0.3) is 0 Å². The van der Waals surface area contributed by atoms with Gasteiger partial charge in [0.2, 0.25) is 0 Å². The van der Waals surface area contributed by atoms with Crippen LogP contribution in [-0.2, 0) is 6.42 Å². The quantitative estimate of drug-likeness (QED) is 0.199. The van der Waals surface area contributed by atoms with Crippen LogP contribution in [0, 0.1) is 5.82 Å². The monoisotopic (exact) mass is 480 g/mol. The number of aliphatic imine (C=N–C) groups is 1. The second-order valence-corrected chi connectivity index (χ2v) is 7.04. The largest absolute Gasteiger partial charge is 0.356 e. The van der Waals surface area contributed by atoms with Crippen molar-refractivity contribution in [1.29, 1.82) is 0 Å². The number of hydrogen-bond donors (Lipinski definition) is 2. The summed E-state index contributed by atoms with van der Waals surface area (Å²) >= 11 is 3.45. The smallest absolute Gasteiger partial charge is 0.190 e. The maximum Gasteiger partial charge on any atom is 0.190 e. The maximum atomic E-state index is 12.8. The topological polar surface area (TPSA) is 49.3 Å². The van der Waals surface area contributed by atoms with Crippen molar-refractivity contribution >= 4 is 53.0 Å². The van der Waals surface area contributed by atoms with Crippen molar-refractivity contribution in [2.24, 2.45) is 4.99 Å². The molecule has 0 saturated heterocycles. The van der Waals surface area contributed by atoms with E-state index < -0.39 is 0 Å². The van der Waals surface area contributed by atoms with E-state index in [0.717, 1.165) is 47.5 Å². The number of guanidine groups is 1. The first kappa shape index (κ1) is 21.2. The molecule has 0 saturated carbocycles. The minimum atomic E-state index is -0.199. The molecular formula is C16H22FIN4S2. The third-order valence-electron chi connectivity index (χ3n) is 3.09. The Bertz CT molecular complexity index is 591. The highest BCUT2D eigenvalue weighted by Gasteiger charge is 1.99. The predicted octanol–water partition coefficient (Wildman–Crippen LogP) is 3.79. The van der Waals surface area contributed by atoms with E-state index in [0.29, 0.717) is 0 Å². The van der Waals surface area contributed by atoms with Crippen LogP contribution < -0.4 is 10.6 Å². The molecule has 2 aromatic rings. The Labute approximate surface area is 167 Å². The minimum Gasteiger partial charge on any atom is -0.356 e. The lowest BCUT2D eigenvalue weighted by molar-refractivity contribution is 0.626. The second kappa shape index (κ2) is 12.5. The third-order valence-corrected chi connectivity index (χ3v) is 5.14. The normalized spacial score (nSPS) is 11.0. The van der Waals surface area contributed by atoms with Crippen LogP contribution >= 0.6 is 47.1 Å². The van der Waals surface area contributed by atoms with Crippen LogP contribution in [0.1, 0.15) is 12.0 Å². The Morgan fingerprint density at radius 3 is 2.67 bits per heavy atom. The molecule has 0 radical (unpaired) electrons. The molecule has 132 valence electrons. The van der Waals surface area contributed by atoms with Crippen LogP contribution in [0.5, 0.6) is 0 Å². The van der Waals surface area contributed by atoms with Gasteiger partial charge in [0.15, 0.2) is 5.96 Å². The molecule has 0 aliphatic rings. The van der Waals surface area contributed by atoms with Crippen LogP contribution in [0.2, 0.25) is 0 Å². The number of hydrogen-bond acceptors (Lipinski definition) is 4. The zero-order valence-corrected chi connectivity index (χ0v) is 17.5. The van der Waals surface area contributed by atoms with Crippen molar-refractivity contribution in [3.63, 3.8) is 0 Å². The van der Waals surface area contributed by atoms with E-state index in [-0.39, 0.29) is 29.8 Å². The highest BCUT2D eigenvalue weighted by atomic mass is 127. The van der Waals surface area contributed by atoms with E-state index in [1.807, 2.05) is 23.7 Å². The molecule has 8 heteroatoms. The molecule has 0 atom stereocenters. The molecule has 0 bridgehead atoms. The summed E-state index contributed by atoms with van der Waals surface area (Å²) in [7, 11) is 1.76. The first-order valence-corrected chi connectivity index (χ1v) is 9.35. The van der Waals surface area contributed by atoms with Gasteiger partial charge in [0.05, 0.1) is 0 Å². The highest BCUT2D eigenvalue weighted by Crippen LogP contribution is 2.20. The molecule has 24 heavy (non-hydrogen) atoms. The van der Waals surface area contributed by atoms with Crippen LogP contribution in [0.4, 0.5) is 4.39 Å². The Balaban J connectivity index is 0.00000288. The summed E-state index contributed by atoms with van der Waals surface area (Å²) in [5.41, 5.74) is 1.11. The molecule has 0 aliphatic carbocycles. The lowest BCUT2D eigenvalue weighted by atomic mass is 10.1. The fourth-order valence-corrected chi connectivity index (χ4v) is 3.56. The van der Waals surface area contributed by atoms with Gasteiger partial charge in [-0.05, 0) is 30.5 Å². The number of thiazole rings is 1. The molecule has 1 aromatic carbocycles. The Hall–Kier alpha value is -0.870. The second-order valence-electron chi connectivity index (χ2n) is 4.80. The fourth-order valence-electron chi connectivity index (χ4n) is 1.92. The summed E-state index contributed by atoms with van der Waals surface area (Å²) in [4.78, 5) is 8.44. The number of thioether (sulfide) groups is 1. The summed E-state index contributed by atoms with van der Waals surface area (Å²) < 4.78 is 14.0. The average molecular weight is 480 g/mol. The van der Waals surface area contributed by atoms with E-state index in [1.165, 1.54) is 12.1 Å². The zero-order chi connectivity index (χ0) is 16.3. The lowest BCUT2D eigenvalue weighted by Gasteiger charge is -2.11. The molecular weight excluding hydrogens is 458 g/mol. The van der Waals surface area contributed by atoms with Gasteiger partial charge < -0.3 is 10.6 Å². The molecule has 0 aliphatic heterocycles. The van der Waals surface area contributed by atoms with Gasteiger partial charge >= 0.3 is 0 Å². The van der Waals surface area contributed by atoms with Gasteiger partial charge in [-0.15, -0.1) is 35.3 Å². The number of rotatable bonds is 8. The van der Waals surface area contributed by atoms with Gasteiger partial charge in [-0.3, -0.25) is 4.99 Å². The SMILES string of the molecule is CN=C(NCCCSc1nccs1)NCCc1ccc(F)cc1.I. The first-order valence-electron chi connectivity index (χ1n) is 7.49. The molecule has 1 heterocycles. The summed E-state index contributed by atoms with van der Waals surface area (Å²) in [6, 6.07) is 6.59. The first-order chi connectivity index (χ1) is 11.3. The molecule has 0 amide bonds. The van der Waals surface area contributed by atoms with Crippen molar-refractivity contribution < 1.29 is 4.39 Å². The van der Waals surface area contributed by atoms with Crippen molar-refractivity contribution in [3.8, 4) is 0 Å². The van der Waals surface area contributed by atoms with Gasteiger partial charge in [-0.2, -0.15) is 0 Å². The van der Waals surface area contributed by atoms with Crippen LogP contribution in [0.15, 0.2) is 45.2 Å². The molecule has 2 N–H and O–H groups in total. The number of nitrogens with zero attached hydrogens (tertiary/aromatic N) is 2. The molecule has 1 aromatic heterocycles. The summed E-state index contributed by atoms with van der Waals surface area (Å²) in [6.45, 7) is 1.63. The zero-order valence-electron chi connectivity index (χ0n) is 13.5. The lowest BCUT2D eigenvalue weighted by Crippen LogP contribution is -2.38. The van der Waals surface area contributed by atoms with E-state index in [4.69, 9.17) is 0 Å². The number of halogens is 2. The standard InChI is InChI=1S/C16H21FN4S2.HI/c1-18-15(19-8-2-11-22-16-21-10-12-23-16)20-9-7-13-3-5-14(17)6-4-13;/h3-6,10,12H,2,7-9,11H2,1H3,(H2,18,19,20);1H. The van der Waals surface area contributed by atoms with E-state index in [2.05, 4.69) is 20.6 Å². The van der Waals surface area contributed by atoms with Gasteiger partial charge in [0, 0.05) is 37.5 Å². The van der Waals surface area contributed by atoms with Crippen LogP contribution in [0.25, 0.3) is 0 Å². The average Bonchev–Trinajstić information content (AvgIpc) is 3.08. The summed E-state index contributed by atoms with van der Waals surface area (Å²) in [5, 5.41) is 8.55. The molecule has 0 unspecified atom stereocenters. The van der Waals surface area contributed by atoms with Crippen LogP contribution in [0.3, 0.4) is 0 Å². The molecule has 2 rings (SSSR count).